The van der Waals surface area contributed by atoms with Gasteiger partial charge in [-0.25, -0.2) is 0 Å². The van der Waals surface area contributed by atoms with Crippen LogP contribution in [-0.4, -0.2) is 5.11 Å². The highest BCUT2D eigenvalue weighted by molar-refractivity contribution is 5.38. The lowest BCUT2D eigenvalue weighted by atomic mass is 9.84. The molecule has 0 fully saturated rings. The first-order chi connectivity index (χ1) is 6.63. The molecule has 76 valence electrons. The van der Waals surface area contributed by atoms with Gasteiger partial charge in [0.05, 0.1) is 6.10 Å². The number of hydrogen-bond donors (Lipinski definition) is 1. The molecule has 0 heterocycles. The molecule has 0 radical (unpaired) electrons. The topological polar surface area (TPSA) is 20.2 Å². The first-order valence-corrected chi connectivity index (χ1v) is 5.39. The second kappa shape index (κ2) is 3.39. The minimum atomic E-state index is -0.265. The maximum absolute atomic E-state index is 10.1. The first-order valence-electron chi connectivity index (χ1n) is 5.39. The molecule has 0 aromatic heterocycles. The van der Waals surface area contributed by atoms with Crippen LogP contribution in [0.25, 0.3) is 0 Å². The minimum Gasteiger partial charge on any atom is -0.388 e. The number of aliphatic hydroxyl groups is 1. The Morgan fingerprint density at radius 3 is 2.29 bits per heavy atom. The fraction of sp³-hybridized carbons (Fsp3) is 0.538. The lowest BCUT2D eigenvalue weighted by Gasteiger charge is -2.21. The van der Waals surface area contributed by atoms with Gasteiger partial charge in [-0.1, -0.05) is 45.0 Å². The lowest BCUT2D eigenvalue weighted by molar-refractivity contribution is 0.112. The van der Waals surface area contributed by atoms with E-state index in [1.807, 2.05) is 6.07 Å². The van der Waals surface area contributed by atoms with Gasteiger partial charge in [0, 0.05) is 0 Å². The van der Waals surface area contributed by atoms with Gasteiger partial charge in [0.2, 0.25) is 0 Å². The third kappa shape index (κ3) is 1.27. The van der Waals surface area contributed by atoms with Crippen LogP contribution in [0.15, 0.2) is 24.3 Å². The Bertz CT molecular complexity index is 330. The molecule has 1 aromatic carbocycles. The Morgan fingerprint density at radius 2 is 1.71 bits per heavy atom. The second-order valence-electron chi connectivity index (χ2n) is 4.70. The molecule has 1 nitrogen and oxygen atoms in total. The summed E-state index contributed by atoms with van der Waals surface area (Å²) >= 11 is 0. The van der Waals surface area contributed by atoms with Crippen molar-refractivity contribution >= 4 is 0 Å². The van der Waals surface area contributed by atoms with Crippen LogP contribution in [0.4, 0.5) is 0 Å². The number of aliphatic hydroxyl groups excluding tert-OH is 1. The Kier molecular flexibility index (Phi) is 2.36. The van der Waals surface area contributed by atoms with E-state index >= 15 is 0 Å². The maximum Gasteiger partial charge on any atom is 0.0824 e. The van der Waals surface area contributed by atoms with Crippen molar-refractivity contribution < 1.29 is 5.11 Å². The predicted octanol–water partition coefficient (Wildman–Crippen LogP) is 3.11. The molecule has 1 aromatic rings. The zero-order valence-corrected chi connectivity index (χ0v) is 9.07. The smallest absolute Gasteiger partial charge is 0.0824 e. The molecule has 1 aliphatic carbocycles. The fourth-order valence-corrected chi connectivity index (χ4v) is 2.81. The molecule has 0 aliphatic heterocycles. The molecule has 3 atom stereocenters. The third-order valence-corrected chi connectivity index (χ3v) is 3.46. The van der Waals surface area contributed by atoms with E-state index in [0.29, 0.717) is 17.8 Å². The zero-order valence-electron chi connectivity index (χ0n) is 9.07. The van der Waals surface area contributed by atoms with Gasteiger partial charge in [0.1, 0.15) is 0 Å². The summed E-state index contributed by atoms with van der Waals surface area (Å²) < 4.78 is 0. The quantitative estimate of drug-likeness (QED) is 0.721. The maximum atomic E-state index is 10.1. The summed E-state index contributed by atoms with van der Waals surface area (Å²) in [7, 11) is 0. The van der Waals surface area contributed by atoms with Crippen molar-refractivity contribution in [3.63, 3.8) is 0 Å². The van der Waals surface area contributed by atoms with E-state index in [9.17, 15) is 5.11 Å². The summed E-state index contributed by atoms with van der Waals surface area (Å²) in [5.74, 6) is 1.47. The fourth-order valence-electron chi connectivity index (χ4n) is 2.81. The summed E-state index contributed by atoms with van der Waals surface area (Å²) in [6, 6.07) is 8.29. The summed E-state index contributed by atoms with van der Waals surface area (Å²) in [4.78, 5) is 0. The summed E-state index contributed by atoms with van der Waals surface area (Å²) in [5.41, 5.74) is 2.49. The molecule has 0 saturated heterocycles. The van der Waals surface area contributed by atoms with E-state index in [2.05, 4.69) is 39.0 Å². The highest BCUT2D eigenvalue weighted by Crippen LogP contribution is 2.48. The highest BCUT2D eigenvalue weighted by atomic mass is 16.3. The molecule has 0 spiro atoms. The first kappa shape index (κ1) is 9.72. The Labute approximate surface area is 85.8 Å². The van der Waals surface area contributed by atoms with Gasteiger partial charge in [-0.15, -0.1) is 0 Å². The van der Waals surface area contributed by atoms with Crippen LogP contribution in [0.5, 0.6) is 0 Å². The summed E-state index contributed by atoms with van der Waals surface area (Å²) in [6.07, 6.45) is -0.265. The van der Waals surface area contributed by atoms with E-state index in [4.69, 9.17) is 0 Å². The van der Waals surface area contributed by atoms with Crippen molar-refractivity contribution in [3.05, 3.63) is 35.4 Å². The Balaban J connectivity index is 2.48. The van der Waals surface area contributed by atoms with Crippen LogP contribution in [0, 0.1) is 11.8 Å². The van der Waals surface area contributed by atoms with Crippen molar-refractivity contribution in [2.75, 3.05) is 0 Å². The SMILES string of the molecule is CC(C)C1c2ccccc2C(O)C1C. The molecular formula is C13H18O. The van der Waals surface area contributed by atoms with Gasteiger partial charge >= 0.3 is 0 Å². The molecule has 0 amide bonds. The van der Waals surface area contributed by atoms with E-state index in [0.717, 1.165) is 5.56 Å². The zero-order chi connectivity index (χ0) is 10.3. The number of fused-ring (bicyclic) bond motifs is 1. The Morgan fingerprint density at radius 1 is 1.14 bits per heavy atom. The van der Waals surface area contributed by atoms with Crippen molar-refractivity contribution in [2.45, 2.75) is 32.8 Å². The van der Waals surface area contributed by atoms with Crippen LogP contribution in [0.1, 0.15) is 43.9 Å². The molecule has 14 heavy (non-hydrogen) atoms. The number of benzene rings is 1. The average molecular weight is 190 g/mol. The van der Waals surface area contributed by atoms with Crippen molar-refractivity contribution in [3.8, 4) is 0 Å². The monoisotopic (exact) mass is 190 g/mol. The van der Waals surface area contributed by atoms with Gasteiger partial charge < -0.3 is 5.11 Å². The predicted molar refractivity (Wildman–Crippen MR) is 58.1 cm³/mol. The van der Waals surface area contributed by atoms with Gasteiger partial charge in [-0.3, -0.25) is 0 Å². The van der Waals surface area contributed by atoms with Crippen LogP contribution in [0.3, 0.4) is 0 Å². The third-order valence-electron chi connectivity index (χ3n) is 3.46. The minimum absolute atomic E-state index is 0.265. The molecule has 1 N–H and O–H groups in total. The highest BCUT2D eigenvalue weighted by Gasteiger charge is 2.37. The molecule has 0 bridgehead atoms. The number of rotatable bonds is 1. The van der Waals surface area contributed by atoms with Gasteiger partial charge in [0.25, 0.3) is 0 Å². The Hall–Kier alpha value is -0.820. The normalized spacial score (nSPS) is 30.8. The van der Waals surface area contributed by atoms with Crippen LogP contribution < -0.4 is 0 Å². The second-order valence-corrected chi connectivity index (χ2v) is 4.70. The lowest BCUT2D eigenvalue weighted by Crippen LogP contribution is -2.13. The van der Waals surface area contributed by atoms with Gasteiger partial charge in [-0.05, 0) is 28.9 Å². The molecule has 1 heteroatoms. The molecule has 3 unspecified atom stereocenters. The van der Waals surface area contributed by atoms with E-state index in [1.54, 1.807) is 0 Å². The molecular weight excluding hydrogens is 172 g/mol. The van der Waals surface area contributed by atoms with Crippen molar-refractivity contribution in [2.24, 2.45) is 11.8 Å². The molecule has 0 saturated carbocycles. The molecule has 1 aliphatic rings. The van der Waals surface area contributed by atoms with Crippen LogP contribution in [0.2, 0.25) is 0 Å². The van der Waals surface area contributed by atoms with E-state index in [-0.39, 0.29) is 6.10 Å². The van der Waals surface area contributed by atoms with Crippen LogP contribution in [-0.2, 0) is 0 Å². The largest absolute Gasteiger partial charge is 0.388 e. The summed E-state index contributed by atoms with van der Waals surface area (Å²) in [5, 5.41) is 10.1. The standard InChI is InChI=1S/C13H18O/c1-8(2)12-9(3)13(14)11-7-5-4-6-10(11)12/h4-9,12-14H,1-3H3. The van der Waals surface area contributed by atoms with Gasteiger partial charge in [-0.2, -0.15) is 0 Å². The van der Waals surface area contributed by atoms with E-state index in [1.165, 1.54) is 5.56 Å². The van der Waals surface area contributed by atoms with Gasteiger partial charge in [0.15, 0.2) is 0 Å². The van der Waals surface area contributed by atoms with Crippen LogP contribution >= 0.6 is 0 Å². The van der Waals surface area contributed by atoms with Crippen molar-refractivity contribution in [1.29, 1.82) is 0 Å². The van der Waals surface area contributed by atoms with Crippen molar-refractivity contribution in [1.82, 2.24) is 0 Å². The average Bonchev–Trinajstić information content (AvgIpc) is 2.41. The molecule has 2 rings (SSSR count). The number of hydrogen-bond acceptors (Lipinski definition) is 1. The van der Waals surface area contributed by atoms with E-state index < -0.39 is 0 Å². The summed E-state index contributed by atoms with van der Waals surface area (Å²) in [6.45, 7) is 6.61.